The highest BCUT2D eigenvalue weighted by Crippen LogP contribution is 2.33. The van der Waals surface area contributed by atoms with Crippen LogP contribution in [0.2, 0.25) is 0 Å². The van der Waals surface area contributed by atoms with Gasteiger partial charge < -0.3 is 15.0 Å². The highest BCUT2D eigenvalue weighted by molar-refractivity contribution is 5.93. The van der Waals surface area contributed by atoms with E-state index in [1.54, 1.807) is 4.52 Å². The van der Waals surface area contributed by atoms with Crippen LogP contribution < -0.4 is 10.1 Å². The van der Waals surface area contributed by atoms with Crippen LogP contribution >= 0.6 is 0 Å². The molecule has 1 aliphatic heterocycles. The molecule has 1 saturated heterocycles. The summed E-state index contributed by atoms with van der Waals surface area (Å²) in [4.78, 5) is 14.5. The molecule has 1 aromatic carbocycles. The van der Waals surface area contributed by atoms with Crippen LogP contribution in [0.25, 0.3) is 16.8 Å². The monoisotopic (exact) mass is 470 g/mol. The first-order valence-electron chi connectivity index (χ1n) is 12.3. The summed E-state index contributed by atoms with van der Waals surface area (Å²) in [7, 11) is 2.16. The molecule has 180 valence electrons. The molecule has 3 aromatic heterocycles. The van der Waals surface area contributed by atoms with Gasteiger partial charge in [0.05, 0.1) is 24.9 Å². The van der Waals surface area contributed by atoms with E-state index in [4.69, 9.17) is 9.84 Å². The second kappa shape index (κ2) is 9.19. The zero-order valence-corrected chi connectivity index (χ0v) is 19.9. The SMILES string of the molecule is CN1CC[C@@H](COc2cnn(Cc3ccccc3)c2-c2ccn3nc(NC(=O)C4CC4)cc3c2)C1. The molecule has 1 amide bonds. The Morgan fingerprint density at radius 1 is 1.14 bits per heavy atom. The van der Waals surface area contributed by atoms with Gasteiger partial charge in [0.2, 0.25) is 5.91 Å². The van der Waals surface area contributed by atoms with Crippen molar-refractivity contribution in [1.29, 1.82) is 0 Å². The topological polar surface area (TPSA) is 76.7 Å². The number of fused-ring (bicyclic) bond motifs is 1. The van der Waals surface area contributed by atoms with Crippen LogP contribution in [0.1, 0.15) is 24.8 Å². The van der Waals surface area contributed by atoms with Crippen LogP contribution in [-0.2, 0) is 11.3 Å². The lowest BCUT2D eigenvalue weighted by Gasteiger charge is -2.14. The number of likely N-dealkylation sites (tertiary alicyclic amines) is 1. The number of anilines is 1. The summed E-state index contributed by atoms with van der Waals surface area (Å²) in [5, 5.41) is 12.2. The molecular formula is C27H30N6O2. The van der Waals surface area contributed by atoms with E-state index < -0.39 is 0 Å². The standard InChI is InChI=1S/C27H30N6O2/c1-31-11-9-20(16-31)18-35-24-15-28-33(17-19-5-3-2-4-6-19)26(24)22-10-12-32-23(13-22)14-25(30-32)29-27(34)21-7-8-21/h2-6,10,12-15,20-21H,7-9,11,16-18H2,1H3,(H,29,30,34)/t20-/m1/s1. The molecule has 1 N–H and O–H groups in total. The maximum Gasteiger partial charge on any atom is 0.228 e. The van der Waals surface area contributed by atoms with E-state index in [1.807, 2.05) is 47.4 Å². The molecule has 8 heteroatoms. The van der Waals surface area contributed by atoms with Crippen LogP contribution in [0.3, 0.4) is 0 Å². The molecule has 1 aliphatic carbocycles. The smallest absolute Gasteiger partial charge is 0.228 e. The van der Waals surface area contributed by atoms with Gasteiger partial charge >= 0.3 is 0 Å². The summed E-state index contributed by atoms with van der Waals surface area (Å²) in [6.07, 6.45) is 6.84. The fourth-order valence-electron chi connectivity index (χ4n) is 4.79. The number of benzene rings is 1. The van der Waals surface area contributed by atoms with Gasteiger partial charge in [-0.3, -0.25) is 9.48 Å². The van der Waals surface area contributed by atoms with Crippen molar-refractivity contribution in [3.05, 3.63) is 66.5 Å². The minimum absolute atomic E-state index is 0.0582. The van der Waals surface area contributed by atoms with E-state index in [0.717, 1.165) is 54.9 Å². The summed E-state index contributed by atoms with van der Waals surface area (Å²) < 4.78 is 10.1. The summed E-state index contributed by atoms with van der Waals surface area (Å²) in [5.41, 5.74) is 4.04. The molecule has 0 radical (unpaired) electrons. The molecule has 2 aliphatic rings. The third-order valence-corrected chi connectivity index (χ3v) is 6.88. The number of rotatable bonds is 8. The Bertz CT molecular complexity index is 1340. The van der Waals surface area contributed by atoms with Crippen molar-refractivity contribution in [1.82, 2.24) is 24.3 Å². The molecule has 0 spiro atoms. The van der Waals surface area contributed by atoms with Gasteiger partial charge in [0.1, 0.15) is 5.69 Å². The van der Waals surface area contributed by atoms with Crippen molar-refractivity contribution in [3.63, 3.8) is 0 Å². The Labute approximate surface area is 204 Å². The molecular weight excluding hydrogens is 440 g/mol. The summed E-state index contributed by atoms with van der Waals surface area (Å²) in [5.74, 6) is 2.10. The Morgan fingerprint density at radius 2 is 2.00 bits per heavy atom. The van der Waals surface area contributed by atoms with Crippen molar-refractivity contribution in [2.24, 2.45) is 11.8 Å². The van der Waals surface area contributed by atoms with E-state index in [1.165, 1.54) is 5.56 Å². The normalized spacial score (nSPS) is 18.3. The molecule has 0 unspecified atom stereocenters. The largest absolute Gasteiger partial charge is 0.489 e. The van der Waals surface area contributed by atoms with Crippen molar-refractivity contribution in [2.75, 3.05) is 32.1 Å². The van der Waals surface area contributed by atoms with Crippen LogP contribution in [0.4, 0.5) is 5.82 Å². The van der Waals surface area contributed by atoms with Crippen molar-refractivity contribution < 1.29 is 9.53 Å². The van der Waals surface area contributed by atoms with E-state index in [2.05, 4.69) is 40.6 Å². The van der Waals surface area contributed by atoms with Crippen LogP contribution in [0.15, 0.2) is 60.9 Å². The third kappa shape index (κ3) is 4.79. The first-order chi connectivity index (χ1) is 17.1. The van der Waals surface area contributed by atoms with Crippen molar-refractivity contribution in [2.45, 2.75) is 25.8 Å². The second-order valence-corrected chi connectivity index (χ2v) is 9.81. The Kier molecular flexibility index (Phi) is 5.74. The van der Waals surface area contributed by atoms with Gasteiger partial charge in [-0.05, 0) is 50.6 Å². The molecule has 4 heterocycles. The van der Waals surface area contributed by atoms with Gasteiger partial charge in [0, 0.05) is 36.2 Å². The number of hydrogen-bond acceptors (Lipinski definition) is 5. The zero-order chi connectivity index (χ0) is 23.8. The van der Waals surface area contributed by atoms with Gasteiger partial charge in [-0.1, -0.05) is 30.3 Å². The fourth-order valence-corrected chi connectivity index (χ4v) is 4.79. The van der Waals surface area contributed by atoms with E-state index in [9.17, 15) is 4.79 Å². The number of ether oxygens (including phenoxy) is 1. The van der Waals surface area contributed by atoms with Gasteiger partial charge in [0.25, 0.3) is 0 Å². The molecule has 6 rings (SSSR count). The molecule has 2 fully saturated rings. The summed E-state index contributed by atoms with van der Waals surface area (Å²) in [6, 6.07) is 16.3. The lowest BCUT2D eigenvalue weighted by atomic mass is 10.1. The number of aromatic nitrogens is 4. The first kappa shape index (κ1) is 21.9. The number of nitrogens with one attached hydrogen (secondary N) is 1. The molecule has 0 bridgehead atoms. The minimum atomic E-state index is 0.0582. The Balaban J connectivity index is 1.31. The molecule has 8 nitrogen and oxygen atoms in total. The van der Waals surface area contributed by atoms with Gasteiger partial charge in [-0.25, -0.2) is 4.52 Å². The molecule has 35 heavy (non-hydrogen) atoms. The van der Waals surface area contributed by atoms with E-state index in [-0.39, 0.29) is 11.8 Å². The predicted octanol–water partition coefficient (Wildman–Crippen LogP) is 3.93. The van der Waals surface area contributed by atoms with E-state index in [0.29, 0.717) is 24.9 Å². The summed E-state index contributed by atoms with van der Waals surface area (Å²) in [6.45, 7) is 3.51. The second-order valence-electron chi connectivity index (χ2n) is 9.81. The highest BCUT2D eigenvalue weighted by Gasteiger charge is 2.30. The van der Waals surface area contributed by atoms with Crippen molar-refractivity contribution >= 4 is 17.2 Å². The summed E-state index contributed by atoms with van der Waals surface area (Å²) >= 11 is 0. The zero-order valence-electron chi connectivity index (χ0n) is 19.9. The van der Waals surface area contributed by atoms with Crippen molar-refractivity contribution in [3.8, 4) is 17.0 Å². The van der Waals surface area contributed by atoms with Gasteiger partial charge in [-0.15, -0.1) is 0 Å². The lowest BCUT2D eigenvalue weighted by molar-refractivity contribution is -0.117. The Hall–Kier alpha value is -3.65. The quantitative estimate of drug-likeness (QED) is 0.422. The maximum atomic E-state index is 12.2. The number of nitrogens with zero attached hydrogens (tertiary/aromatic N) is 5. The molecule has 1 saturated carbocycles. The first-order valence-corrected chi connectivity index (χ1v) is 12.3. The fraction of sp³-hybridized carbons (Fsp3) is 0.370. The molecule has 4 aromatic rings. The number of hydrogen-bond donors (Lipinski definition) is 1. The lowest BCUT2D eigenvalue weighted by Crippen LogP contribution is -2.18. The number of carbonyl (C=O) groups is 1. The highest BCUT2D eigenvalue weighted by atomic mass is 16.5. The van der Waals surface area contributed by atoms with Crippen LogP contribution in [0.5, 0.6) is 5.75 Å². The Morgan fingerprint density at radius 3 is 2.77 bits per heavy atom. The number of amides is 1. The van der Waals surface area contributed by atoms with Gasteiger partial charge in [-0.2, -0.15) is 10.2 Å². The predicted molar refractivity (Wildman–Crippen MR) is 134 cm³/mol. The average molecular weight is 471 g/mol. The average Bonchev–Trinajstić information content (AvgIpc) is 3.34. The maximum absolute atomic E-state index is 12.2. The minimum Gasteiger partial charge on any atom is -0.489 e. The number of carbonyl (C=O) groups excluding carboxylic acids is 1. The van der Waals surface area contributed by atoms with Gasteiger partial charge in [0.15, 0.2) is 11.6 Å². The van der Waals surface area contributed by atoms with Crippen LogP contribution in [-0.4, -0.2) is 56.9 Å². The number of pyridine rings is 1. The molecule has 1 atom stereocenters. The van der Waals surface area contributed by atoms with E-state index >= 15 is 0 Å². The third-order valence-electron chi connectivity index (χ3n) is 6.88. The van der Waals surface area contributed by atoms with Crippen LogP contribution in [0, 0.1) is 11.8 Å².